The van der Waals surface area contributed by atoms with Gasteiger partial charge in [-0.25, -0.2) is 4.79 Å². The summed E-state index contributed by atoms with van der Waals surface area (Å²) >= 11 is 1.63. The third-order valence-electron chi connectivity index (χ3n) is 5.69. The minimum atomic E-state index is -0.284. The number of para-hydroxylation sites is 1. The molecule has 0 saturated heterocycles. The fraction of sp³-hybridized carbons (Fsp3) is 0.333. The highest BCUT2D eigenvalue weighted by molar-refractivity contribution is 7.10. The number of thiophene rings is 1. The molecule has 1 aliphatic heterocycles. The maximum Gasteiger partial charge on any atom is 0.322 e. The second-order valence-corrected chi connectivity index (χ2v) is 10.0. The van der Waals surface area contributed by atoms with Crippen molar-refractivity contribution in [3.63, 3.8) is 0 Å². The van der Waals surface area contributed by atoms with Crippen molar-refractivity contribution in [2.75, 3.05) is 25.2 Å². The zero-order valence-electron chi connectivity index (χ0n) is 20.3. The Kier molecular flexibility index (Phi) is 7.92. The van der Waals surface area contributed by atoms with Crippen LogP contribution in [0.25, 0.3) is 0 Å². The highest BCUT2D eigenvalue weighted by Crippen LogP contribution is 2.33. The first kappa shape index (κ1) is 24.6. The van der Waals surface area contributed by atoms with Crippen LogP contribution in [0.3, 0.4) is 0 Å². The van der Waals surface area contributed by atoms with Gasteiger partial charge in [0.2, 0.25) is 12.7 Å². The van der Waals surface area contributed by atoms with E-state index in [4.69, 9.17) is 9.47 Å². The summed E-state index contributed by atoms with van der Waals surface area (Å²) in [6.07, 6.45) is 0. The highest BCUT2D eigenvalue weighted by Gasteiger charge is 2.24. The van der Waals surface area contributed by atoms with Crippen molar-refractivity contribution < 1.29 is 19.1 Å². The molecule has 0 saturated carbocycles. The Morgan fingerprint density at radius 1 is 1.00 bits per heavy atom. The van der Waals surface area contributed by atoms with Crippen LogP contribution in [0.2, 0.25) is 0 Å². The van der Waals surface area contributed by atoms with E-state index in [0.717, 1.165) is 16.0 Å². The molecule has 184 valence electrons. The van der Waals surface area contributed by atoms with Gasteiger partial charge in [0.15, 0.2) is 11.5 Å². The predicted octanol–water partition coefficient (Wildman–Crippen LogP) is 5.50. The van der Waals surface area contributed by atoms with Crippen molar-refractivity contribution in [3.8, 4) is 11.5 Å². The predicted molar refractivity (Wildman–Crippen MR) is 138 cm³/mol. The highest BCUT2D eigenvalue weighted by atomic mass is 32.1. The maximum atomic E-state index is 13.6. The van der Waals surface area contributed by atoms with Crippen molar-refractivity contribution in [2.24, 2.45) is 5.92 Å². The molecule has 2 aromatic carbocycles. The minimum absolute atomic E-state index is 0.00811. The van der Waals surface area contributed by atoms with Gasteiger partial charge in [-0.1, -0.05) is 38.1 Å². The molecule has 8 heteroatoms. The van der Waals surface area contributed by atoms with Crippen molar-refractivity contribution >= 4 is 29.0 Å². The van der Waals surface area contributed by atoms with E-state index in [0.29, 0.717) is 36.8 Å². The molecule has 0 spiro atoms. The number of nitrogens with one attached hydrogen (secondary N) is 1. The second kappa shape index (κ2) is 11.3. The fourth-order valence-corrected chi connectivity index (χ4v) is 4.80. The van der Waals surface area contributed by atoms with E-state index >= 15 is 0 Å². The Labute approximate surface area is 210 Å². The maximum absolute atomic E-state index is 13.6. The quantitative estimate of drug-likeness (QED) is 0.427. The van der Waals surface area contributed by atoms with Gasteiger partial charge in [-0.05, 0) is 59.7 Å². The van der Waals surface area contributed by atoms with E-state index in [1.165, 1.54) is 0 Å². The summed E-state index contributed by atoms with van der Waals surface area (Å²) in [5, 5.41) is 4.95. The zero-order valence-corrected chi connectivity index (χ0v) is 21.1. The number of carbonyl (C=O) groups is 2. The first-order chi connectivity index (χ1) is 16.9. The number of nitrogens with zero attached hydrogens (tertiary/aromatic N) is 2. The van der Waals surface area contributed by atoms with E-state index in [1.807, 2.05) is 74.7 Å². The third-order valence-corrected chi connectivity index (χ3v) is 6.70. The summed E-state index contributed by atoms with van der Waals surface area (Å²) in [7, 11) is 0. The summed E-state index contributed by atoms with van der Waals surface area (Å²) in [6, 6.07) is 16.8. The van der Waals surface area contributed by atoms with E-state index in [9.17, 15) is 9.59 Å². The van der Waals surface area contributed by atoms with E-state index in [1.54, 1.807) is 21.1 Å². The summed E-state index contributed by atoms with van der Waals surface area (Å²) in [6.45, 7) is 7.67. The molecule has 1 N–H and O–H groups in total. The normalized spacial score (nSPS) is 12.0. The molecule has 4 rings (SSSR count). The van der Waals surface area contributed by atoms with Crippen molar-refractivity contribution in [1.82, 2.24) is 9.80 Å². The number of benzene rings is 2. The van der Waals surface area contributed by atoms with Crippen molar-refractivity contribution in [2.45, 2.75) is 33.9 Å². The number of anilines is 1. The van der Waals surface area contributed by atoms with E-state index in [2.05, 4.69) is 11.4 Å². The summed E-state index contributed by atoms with van der Waals surface area (Å²) in [5.74, 6) is 1.50. The van der Waals surface area contributed by atoms with Crippen molar-refractivity contribution in [3.05, 3.63) is 76.0 Å². The molecule has 2 heterocycles. The number of urea groups is 1. The molecule has 3 amide bonds. The van der Waals surface area contributed by atoms with Gasteiger partial charge >= 0.3 is 6.03 Å². The molecular weight excluding hydrogens is 462 g/mol. The van der Waals surface area contributed by atoms with Crippen LogP contribution >= 0.6 is 11.3 Å². The fourth-order valence-electron chi connectivity index (χ4n) is 3.88. The molecule has 0 bridgehead atoms. The van der Waals surface area contributed by atoms with Gasteiger partial charge in [-0.3, -0.25) is 4.79 Å². The lowest BCUT2D eigenvalue weighted by Gasteiger charge is -2.29. The van der Waals surface area contributed by atoms with Gasteiger partial charge in [-0.2, -0.15) is 0 Å². The van der Waals surface area contributed by atoms with Crippen LogP contribution < -0.4 is 14.8 Å². The van der Waals surface area contributed by atoms with Gasteiger partial charge in [0, 0.05) is 23.7 Å². The molecule has 0 fully saturated rings. The minimum Gasteiger partial charge on any atom is -0.454 e. The smallest absolute Gasteiger partial charge is 0.322 e. The summed E-state index contributed by atoms with van der Waals surface area (Å²) < 4.78 is 10.9. The lowest BCUT2D eigenvalue weighted by Crippen LogP contribution is -2.45. The van der Waals surface area contributed by atoms with Gasteiger partial charge < -0.3 is 24.6 Å². The number of ether oxygens (including phenoxy) is 2. The van der Waals surface area contributed by atoms with Gasteiger partial charge in [0.25, 0.3) is 0 Å². The van der Waals surface area contributed by atoms with Crippen molar-refractivity contribution in [1.29, 1.82) is 0 Å². The monoisotopic (exact) mass is 493 g/mol. The number of amides is 3. The van der Waals surface area contributed by atoms with E-state index < -0.39 is 0 Å². The third kappa shape index (κ3) is 6.54. The topological polar surface area (TPSA) is 71.1 Å². The molecule has 0 radical (unpaired) electrons. The second-order valence-electron chi connectivity index (χ2n) is 9.03. The lowest BCUT2D eigenvalue weighted by molar-refractivity contribution is -0.133. The van der Waals surface area contributed by atoms with Gasteiger partial charge in [-0.15, -0.1) is 11.3 Å². The largest absolute Gasteiger partial charge is 0.454 e. The number of carbonyl (C=O) groups excluding carboxylic acids is 2. The van der Waals surface area contributed by atoms with Crippen LogP contribution in [0.5, 0.6) is 11.5 Å². The Bertz CT molecular complexity index is 1160. The molecule has 0 aliphatic carbocycles. The molecule has 0 atom stereocenters. The first-order valence-corrected chi connectivity index (χ1v) is 12.6. The number of hydrogen-bond acceptors (Lipinski definition) is 5. The Morgan fingerprint density at radius 2 is 1.77 bits per heavy atom. The Morgan fingerprint density at radius 3 is 2.49 bits per heavy atom. The average molecular weight is 494 g/mol. The Hall–Kier alpha value is -3.52. The number of hydrogen-bond donors (Lipinski definition) is 1. The van der Waals surface area contributed by atoms with Gasteiger partial charge in [0.1, 0.15) is 6.54 Å². The summed E-state index contributed by atoms with van der Waals surface area (Å²) in [4.78, 5) is 31.2. The van der Waals surface area contributed by atoms with E-state index in [-0.39, 0.29) is 31.2 Å². The van der Waals surface area contributed by atoms with Crippen LogP contribution in [0.1, 0.15) is 29.9 Å². The zero-order chi connectivity index (χ0) is 24.8. The molecule has 3 aromatic rings. The number of aryl methyl sites for hydroxylation is 1. The van der Waals surface area contributed by atoms with Gasteiger partial charge in [0.05, 0.1) is 6.54 Å². The number of fused-ring (bicyclic) bond motifs is 1. The molecule has 7 nitrogen and oxygen atoms in total. The van der Waals surface area contributed by atoms with Crippen LogP contribution in [-0.2, 0) is 17.9 Å². The average Bonchev–Trinajstić information content (AvgIpc) is 3.46. The van der Waals surface area contributed by atoms with Crippen LogP contribution in [0.4, 0.5) is 10.5 Å². The molecule has 1 aliphatic rings. The summed E-state index contributed by atoms with van der Waals surface area (Å²) in [5.41, 5.74) is 2.80. The molecule has 35 heavy (non-hydrogen) atoms. The van der Waals surface area contributed by atoms with Crippen LogP contribution in [0.15, 0.2) is 60.0 Å². The Balaban J connectivity index is 1.52. The lowest BCUT2D eigenvalue weighted by atomic mass is 10.1. The number of rotatable bonds is 9. The molecule has 1 aromatic heterocycles. The SMILES string of the molecule is Cc1ccsc1CN(Cc1ccc2c(c1)OCO2)C(=O)CN(CC(C)C)C(=O)Nc1ccccc1. The molecule has 0 unspecified atom stereocenters. The van der Waals surface area contributed by atoms with Crippen LogP contribution in [-0.4, -0.2) is 41.6 Å². The molecular formula is C27H31N3O4S. The van der Waals surface area contributed by atoms with Crippen LogP contribution in [0, 0.1) is 12.8 Å². The first-order valence-electron chi connectivity index (χ1n) is 11.7. The standard InChI is InChI=1S/C27H31N3O4S/c1-19(2)14-30(27(32)28-22-7-5-4-6-8-22)17-26(31)29(16-25-20(3)11-12-35-25)15-21-9-10-23-24(13-21)34-18-33-23/h4-13,19H,14-18H2,1-3H3,(H,28,32).